The Hall–Kier alpha value is -2.72. The minimum atomic E-state index is -5.09. The number of halogens is 6. The van der Waals surface area contributed by atoms with Gasteiger partial charge in [0.1, 0.15) is 12.0 Å². The van der Waals surface area contributed by atoms with Gasteiger partial charge < -0.3 is 23.8 Å². The molecular formula is C20H32F6N2O8. The average Bonchev–Trinajstić information content (AvgIpc) is 2.72. The lowest BCUT2D eigenvalue weighted by atomic mass is 10.2. The van der Waals surface area contributed by atoms with Gasteiger partial charge in [-0.3, -0.25) is 19.3 Å². The molecule has 0 radical (unpaired) electrons. The van der Waals surface area contributed by atoms with E-state index in [2.05, 4.69) is 9.47 Å². The highest BCUT2D eigenvalue weighted by Gasteiger charge is 2.43. The minimum Gasteiger partial charge on any atom is -0.466 e. The summed E-state index contributed by atoms with van der Waals surface area (Å²) in [6.07, 6.45) is -10.7. The zero-order chi connectivity index (χ0) is 29.3. The summed E-state index contributed by atoms with van der Waals surface area (Å²) in [7, 11) is 9.77. The molecule has 0 atom stereocenters. The van der Waals surface area contributed by atoms with Crippen molar-refractivity contribution in [2.75, 3.05) is 55.6 Å². The molecule has 0 aromatic heterocycles. The van der Waals surface area contributed by atoms with Crippen LogP contribution in [0.1, 0.15) is 20.3 Å². The van der Waals surface area contributed by atoms with Gasteiger partial charge in [0.25, 0.3) is 5.78 Å². The van der Waals surface area contributed by atoms with Crippen molar-refractivity contribution >= 4 is 23.5 Å². The van der Waals surface area contributed by atoms with Crippen LogP contribution in [0.15, 0.2) is 11.8 Å². The van der Waals surface area contributed by atoms with E-state index < -0.39 is 47.9 Å². The van der Waals surface area contributed by atoms with Gasteiger partial charge in [0.15, 0.2) is 0 Å². The molecule has 0 saturated carbocycles. The number of Topliss-reactive ketones (excluding diaryl/α,β-unsaturated/α-hetero) is 2. The van der Waals surface area contributed by atoms with Gasteiger partial charge in [-0.1, -0.05) is 0 Å². The zero-order valence-electron chi connectivity index (χ0n) is 21.2. The average molecular weight is 542 g/mol. The molecule has 0 spiro atoms. The Morgan fingerprint density at radius 3 is 1.50 bits per heavy atom. The molecule has 0 fully saturated rings. The quantitative estimate of drug-likeness (QED) is 0.102. The summed E-state index contributed by atoms with van der Waals surface area (Å²) in [6.45, 7) is 2.73. The predicted octanol–water partition coefficient (Wildman–Crippen LogP) is 2.32. The standard InChI is InChI=1S/C9H12F3NO3.C6H7F3O3.C5H13NO2/c1-4-16-8(15)6(5-13(2)3)7(14)9(10,11)12;1-2-12-5(11)3-4(10)6(7,8)9;1-6(2)5(7-3)8-4/h5H,4H2,1-3H3;2-3H2,1H3;5H,1-4H3/b6-5-;;. The van der Waals surface area contributed by atoms with E-state index in [9.17, 15) is 45.5 Å². The maximum Gasteiger partial charge on any atom is 0.455 e. The molecule has 212 valence electrons. The zero-order valence-corrected chi connectivity index (χ0v) is 21.2. The van der Waals surface area contributed by atoms with Crippen LogP contribution in [0, 0.1) is 0 Å². The van der Waals surface area contributed by atoms with Crippen LogP contribution < -0.4 is 0 Å². The Morgan fingerprint density at radius 2 is 1.25 bits per heavy atom. The lowest BCUT2D eigenvalue weighted by Crippen LogP contribution is -2.30. The highest BCUT2D eigenvalue weighted by atomic mass is 19.4. The third kappa shape index (κ3) is 18.6. The fourth-order valence-electron chi connectivity index (χ4n) is 1.78. The SMILES string of the molecule is CCOC(=O)/C(=C\N(C)C)C(=O)C(F)(F)F.CCOC(=O)CC(=O)C(F)(F)F.COC(OC)N(C)C. The highest BCUT2D eigenvalue weighted by molar-refractivity contribution is 6.19. The van der Waals surface area contributed by atoms with Gasteiger partial charge in [0.05, 0.1) is 13.2 Å². The number of carbonyl (C=O) groups excluding carboxylic acids is 4. The number of alkyl halides is 6. The first-order valence-corrected chi connectivity index (χ1v) is 9.94. The van der Waals surface area contributed by atoms with Crippen molar-refractivity contribution in [2.24, 2.45) is 0 Å². The molecule has 0 aliphatic rings. The van der Waals surface area contributed by atoms with Gasteiger partial charge in [0, 0.05) is 34.5 Å². The number of ketones is 2. The topological polar surface area (TPSA) is 112 Å². The van der Waals surface area contributed by atoms with Crippen LogP contribution in [-0.2, 0) is 38.1 Å². The molecule has 0 aromatic carbocycles. The summed E-state index contributed by atoms with van der Waals surface area (Å²) in [5.74, 6) is -6.72. The fourth-order valence-corrected chi connectivity index (χ4v) is 1.78. The number of methoxy groups -OCH3 is 2. The first kappa shape index (κ1) is 37.8. The van der Waals surface area contributed by atoms with Crippen LogP contribution in [0.2, 0.25) is 0 Å². The second-order valence-electron chi connectivity index (χ2n) is 6.70. The van der Waals surface area contributed by atoms with Gasteiger partial charge in [-0.25, -0.2) is 4.79 Å². The van der Waals surface area contributed by atoms with E-state index in [0.29, 0.717) is 0 Å². The number of ether oxygens (including phenoxy) is 4. The summed E-state index contributed by atoms with van der Waals surface area (Å²) in [6, 6.07) is 0. The lowest BCUT2D eigenvalue weighted by Gasteiger charge is -2.19. The fraction of sp³-hybridized carbons (Fsp3) is 0.700. The summed E-state index contributed by atoms with van der Waals surface area (Å²) in [5.41, 5.74) is -1.03. The summed E-state index contributed by atoms with van der Waals surface area (Å²) < 4.78 is 89.1. The minimum absolute atomic E-state index is 0.0377. The largest absolute Gasteiger partial charge is 0.466 e. The third-order valence-electron chi connectivity index (χ3n) is 3.14. The molecule has 0 unspecified atom stereocenters. The van der Waals surface area contributed by atoms with E-state index in [-0.39, 0.29) is 19.6 Å². The molecule has 0 saturated heterocycles. The van der Waals surface area contributed by atoms with E-state index in [0.717, 1.165) is 11.1 Å². The second kappa shape index (κ2) is 18.5. The van der Waals surface area contributed by atoms with Crippen molar-refractivity contribution in [2.45, 2.75) is 39.0 Å². The molecule has 0 aromatic rings. The number of carbonyl (C=O) groups is 4. The molecule has 0 aliphatic carbocycles. The maximum absolute atomic E-state index is 12.1. The Morgan fingerprint density at radius 1 is 0.806 bits per heavy atom. The third-order valence-corrected chi connectivity index (χ3v) is 3.14. The van der Waals surface area contributed by atoms with Crippen molar-refractivity contribution in [1.82, 2.24) is 9.80 Å². The number of hydrogen-bond donors (Lipinski definition) is 0. The van der Waals surface area contributed by atoms with Crippen molar-refractivity contribution in [3.05, 3.63) is 11.8 Å². The van der Waals surface area contributed by atoms with E-state index in [1.165, 1.54) is 27.9 Å². The number of rotatable bonds is 10. The van der Waals surface area contributed by atoms with Crippen LogP contribution in [0.5, 0.6) is 0 Å². The van der Waals surface area contributed by atoms with Crippen molar-refractivity contribution in [1.29, 1.82) is 0 Å². The van der Waals surface area contributed by atoms with Gasteiger partial charge >= 0.3 is 24.3 Å². The van der Waals surface area contributed by atoms with Gasteiger partial charge in [-0.2, -0.15) is 26.3 Å². The van der Waals surface area contributed by atoms with Crippen LogP contribution >= 0.6 is 0 Å². The molecule has 0 N–H and O–H groups in total. The lowest BCUT2D eigenvalue weighted by molar-refractivity contribution is -0.179. The van der Waals surface area contributed by atoms with Crippen molar-refractivity contribution < 1.29 is 64.5 Å². The molecule has 0 rings (SSSR count). The van der Waals surface area contributed by atoms with E-state index >= 15 is 0 Å². The van der Waals surface area contributed by atoms with Crippen LogP contribution in [0.25, 0.3) is 0 Å². The van der Waals surface area contributed by atoms with E-state index in [4.69, 9.17) is 9.47 Å². The monoisotopic (exact) mass is 542 g/mol. The normalized spacial score (nSPS) is 11.6. The van der Waals surface area contributed by atoms with Gasteiger partial charge in [-0.15, -0.1) is 0 Å². The van der Waals surface area contributed by atoms with Crippen molar-refractivity contribution in [3.63, 3.8) is 0 Å². The maximum atomic E-state index is 12.1. The second-order valence-corrected chi connectivity index (χ2v) is 6.70. The summed E-state index contributed by atoms with van der Waals surface area (Å²) >= 11 is 0. The van der Waals surface area contributed by atoms with Crippen LogP contribution in [0.3, 0.4) is 0 Å². The molecule has 0 heterocycles. The summed E-state index contributed by atoms with van der Waals surface area (Å²) in [4.78, 5) is 45.5. The molecular weight excluding hydrogens is 510 g/mol. The van der Waals surface area contributed by atoms with Crippen LogP contribution in [-0.4, -0.2) is 108 Å². The molecule has 16 heteroatoms. The Bertz CT molecular complexity index is 718. The highest BCUT2D eigenvalue weighted by Crippen LogP contribution is 2.21. The predicted molar refractivity (Wildman–Crippen MR) is 113 cm³/mol. The van der Waals surface area contributed by atoms with Gasteiger partial charge in [-0.05, 0) is 27.9 Å². The molecule has 36 heavy (non-hydrogen) atoms. The molecule has 0 amide bonds. The Kier molecular flexibility index (Phi) is 19.5. The number of hydrogen-bond acceptors (Lipinski definition) is 10. The Labute approximate surface area is 205 Å². The molecule has 0 bridgehead atoms. The first-order valence-electron chi connectivity index (χ1n) is 9.94. The van der Waals surface area contributed by atoms with Gasteiger partial charge in [0.2, 0.25) is 12.2 Å². The first-order chi connectivity index (χ1) is 16.3. The molecule has 10 nitrogen and oxygen atoms in total. The van der Waals surface area contributed by atoms with Crippen molar-refractivity contribution in [3.8, 4) is 0 Å². The van der Waals surface area contributed by atoms with E-state index in [1.54, 1.807) is 14.2 Å². The number of nitrogens with zero attached hydrogens (tertiary/aromatic N) is 2. The van der Waals surface area contributed by atoms with E-state index in [1.807, 2.05) is 19.0 Å². The molecule has 0 aliphatic heterocycles. The smallest absolute Gasteiger partial charge is 0.455 e. The number of esters is 2. The van der Waals surface area contributed by atoms with Crippen LogP contribution in [0.4, 0.5) is 26.3 Å². The summed E-state index contributed by atoms with van der Waals surface area (Å²) in [5, 5.41) is 0. The Balaban J connectivity index is -0.000000481.